The summed E-state index contributed by atoms with van der Waals surface area (Å²) in [5.74, 6) is -2.23. The molecule has 0 aliphatic carbocycles. The molecule has 4 nitrogen and oxygen atoms in total. The van der Waals surface area contributed by atoms with Crippen LogP contribution in [0.25, 0.3) is 0 Å². The quantitative estimate of drug-likeness (QED) is 0.880. The second-order valence-electron chi connectivity index (χ2n) is 3.89. The van der Waals surface area contributed by atoms with Crippen LogP contribution in [0.3, 0.4) is 0 Å². The monoisotopic (exact) mass is 254 g/mol. The minimum atomic E-state index is -0.879. The predicted octanol–water partition coefficient (Wildman–Crippen LogP) is 1.20. The molecule has 0 amide bonds. The van der Waals surface area contributed by atoms with Crippen molar-refractivity contribution in [3.8, 4) is 11.8 Å². The summed E-state index contributed by atoms with van der Waals surface area (Å²) in [5, 5.41) is 11.6. The molecule has 0 spiro atoms. The second kappa shape index (κ2) is 5.76. The van der Waals surface area contributed by atoms with Crippen molar-refractivity contribution >= 4 is 0 Å². The van der Waals surface area contributed by atoms with Crippen LogP contribution in [0.15, 0.2) is 12.1 Å². The number of ether oxygens (including phenoxy) is 2. The maximum absolute atomic E-state index is 13.5. The molecule has 1 atom stereocenters. The summed E-state index contributed by atoms with van der Waals surface area (Å²) in [5.41, 5.74) is -0.0760. The molecule has 0 saturated carbocycles. The van der Waals surface area contributed by atoms with Gasteiger partial charge in [0.1, 0.15) is 12.7 Å². The smallest absolute Gasteiger partial charge is 0.190 e. The van der Waals surface area contributed by atoms with Gasteiger partial charge in [-0.2, -0.15) is 5.26 Å². The number of nitriles is 1. The van der Waals surface area contributed by atoms with E-state index in [1.54, 1.807) is 6.07 Å². The van der Waals surface area contributed by atoms with E-state index in [-0.39, 0.29) is 18.3 Å². The number of hydrogen-bond donors (Lipinski definition) is 1. The highest BCUT2D eigenvalue weighted by atomic mass is 19.1. The summed E-state index contributed by atoms with van der Waals surface area (Å²) < 4.78 is 37.4. The molecule has 1 aromatic carbocycles. The molecule has 6 heteroatoms. The lowest BCUT2D eigenvalue weighted by Gasteiger charge is -2.23. The molecule has 2 rings (SSSR count). The van der Waals surface area contributed by atoms with E-state index >= 15 is 0 Å². The molecule has 1 N–H and O–H groups in total. The number of nitrogens with one attached hydrogen (secondary N) is 1. The van der Waals surface area contributed by atoms with Crippen LogP contribution in [0.5, 0.6) is 5.75 Å². The normalized spacial score (nSPS) is 19.3. The van der Waals surface area contributed by atoms with E-state index in [0.717, 1.165) is 18.7 Å². The lowest BCUT2D eigenvalue weighted by Crippen LogP contribution is -2.41. The van der Waals surface area contributed by atoms with Crippen molar-refractivity contribution in [2.75, 3.05) is 26.3 Å². The third-order valence-corrected chi connectivity index (χ3v) is 2.55. The van der Waals surface area contributed by atoms with Gasteiger partial charge in [-0.1, -0.05) is 0 Å². The fourth-order valence-corrected chi connectivity index (χ4v) is 1.67. The number of benzene rings is 1. The van der Waals surface area contributed by atoms with Gasteiger partial charge in [0.25, 0.3) is 0 Å². The van der Waals surface area contributed by atoms with Gasteiger partial charge in [0.15, 0.2) is 17.4 Å². The van der Waals surface area contributed by atoms with Gasteiger partial charge >= 0.3 is 0 Å². The van der Waals surface area contributed by atoms with Crippen molar-refractivity contribution in [1.29, 1.82) is 5.26 Å². The number of halogens is 2. The van der Waals surface area contributed by atoms with E-state index in [4.69, 9.17) is 14.7 Å². The number of hydrogen-bond acceptors (Lipinski definition) is 4. The minimum Gasteiger partial charge on any atom is -0.485 e. The molecule has 0 radical (unpaired) electrons. The first-order valence-corrected chi connectivity index (χ1v) is 5.55. The van der Waals surface area contributed by atoms with Crippen molar-refractivity contribution in [3.05, 3.63) is 29.3 Å². The number of rotatable bonds is 3. The van der Waals surface area contributed by atoms with Gasteiger partial charge in [-0.15, -0.1) is 0 Å². The average molecular weight is 254 g/mol. The molecule has 18 heavy (non-hydrogen) atoms. The SMILES string of the molecule is N#Cc1cc(F)c(OCC2CNCCO2)c(F)c1. The van der Waals surface area contributed by atoms with E-state index in [9.17, 15) is 8.78 Å². The largest absolute Gasteiger partial charge is 0.485 e. The Labute approximate surface area is 103 Å². The Morgan fingerprint density at radius 1 is 1.44 bits per heavy atom. The molecular formula is C12H12F2N2O2. The molecule has 96 valence electrons. The second-order valence-corrected chi connectivity index (χ2v) is 3.89. The van der Waals surface area contributed by atoms with Crippen LogP contribution >= 0.6 is 0 Å². The molecule has 0 bridgehead atoms. The highest BCUT2D eigenvalue weighted by molar-refractivity contribution is 5.37. The van der Waals surface area contributed by atoms with Crippen molar-refractivity contribution in [1.82, 2.24) is 5.32 Å². The summed E-state index contributed by atoms with van der Waals surface area (Å²) in [4.78, 5) is 0. The van der Waals surface area contributed by atoms with Crippen molar-refractivity contribution in [3.63, 3.8) is 0 Å². The van der Waals surface area contributed by atoms with Crippen LogP contribution in [0, 0.1) is 23.0 Å². The number of nitrogens with zero attached hydrogens (tertiary/aromatic N) is 1. The van der Waals surface area contributed by atoms with Gasteiger partial charge in [-0.05, 0) is 12.1 Å². The van der Waals surface area contributed by atoms with Crippen molar-refractivity contribution in [2.45, 2.75) is 6.10 Å². The van der Waals surface area contributed by atoms with E-state index in [1.165, 1.54) is 0 Å². The summed E-state index contributed by atoms with van der Waals surface area (Å²) in [7, 11) is 0. The van der Waals surface area contributed by atoms with Gasteiger partial charge in [-0.25, -0.2) is 8.78 Å². The Kier molecular flexibility index (Phi) is 4.07. The van der Waals surface area contributed by atoms with E-state index in [2.05, 4.69) is 5.32 Å². The molecular weight excluding hydrogens is 242 g/mol. The molecule has 1 aromatic rings. The molecule has 0 aromatic heterocycles. The highest BCUT2D eigenvalue weighted by Gasteiger charge is 2.17. The lowest BCUT2D eigenvalue weighted by atomic mass is 10.2. The third-order valence-electron chi connectivity index (χ3n) is 2.55. The maximum Gasteiger partial charge on any atom is 0.190 e. The summed E-state index contributed by atoms with van der Waals surface area (Å²) in [6.07, 6.45) is -0.229. The maximum atomic E-state index is 13.5. The molecule has 1 heterocycles. The van der Waals surface area contributed by atoms with E-state index < -0.39 is 17.4 Å². The van der Waals surface area contributed by atoms with Crippen LogP contribution in [0.4, 0.5) is 8.78 Å². The third kappa shape index (κ3) is 2.94. The first-order chi connectivity index (χ1) is 8.70. The fourth-order valence-electron chi connectivity index (χ4n) is 1.67. The fraction of sp³-hybridized carbons (Fsp3) is 0.417. The van der Waals surface area contributed by atoms with Gasteiger partial charge in [0.05, 0.1) is 18.2 Å². The Hall–Kier alpha value is -1.71. The zero-order valence-electron chi connectivity index (χ0n) is 9.58. The highest BCUT2D eigenvalue weighted by Crippen LogP contribution is 2.23. The first kappa shape index (κ1) is 12.7. The zero-order chi connectivity index (χ0) is 13.0. The molecule has 1 aliphatic rings. The van der Waals surface area contributed by atoms with Gasteiger partial charge in [0, 0.05) is 13.1 Å². The molecule has 1 saturated heterocycles. The predicted molar refractivity (Wildman–Crippen MR) is 59.2 cm³/mol. The van der Waals surface area contributed by atoms with Crippen LogP contribution in [-0.2, 0) is 4.74 Å². The Morgan fingerprint density at radius 3 is 2.72 bits per heavy atom. The lowest BCUT2D eigenvalue weighted by molar-refractivity contribution is -0.00134. The van der Waals surface area contributed by atoms with E-state index in [0.29, 0.717) is 13.2 Å². The van der Waals surface area contributed by atoms with Crippen molar-refractivity contribution in [2.24, 2.45) is 0 Å². The van der Waals surface area contributed by atoms with E-state index in [1.807, 2.05) is 0 Å². The summed E-state index contributed by atoms with van der Waals surface area (Å²) in [6, 6.07) is 3.56. The molecule has 1 fully saturated rings. The standard InChI is InChI=1S/C12H12F2N2O2/c13-10-3-8(5-15)4-11(14)12(10)18-7-9-6-16-1-2-17-9/h3-4,9,16H,1-2,6-7H2. The molecule has 1 unspecified atom stereocenters. The minimum absolute atomic E-state index is 0.0622. The summed E-state index contributed by atoms with van der Waals surface area (Å²) >= 11 is 0. The van der Waals surface area contributed by atoms with Crippen LogP contribution in [-0.4, -0.2) is 32.4 Å². The zero-order valence-corrected chi connectivity index (χ0v) is 9.58. The number of morpholine rings is 1. The average Bonchev–Trinajstić information content (AvgIpc) is 2.38. The first-order valence-electron chi connectivity index (χ1n) is 5.55. The van der Waals surface area contributed by atoms with Crippen LogP contribution in [0.2, 0.25) is 0 Å². The Balaban J connectivity index is 2.02. The van der Waals surface area contributed by atoms with Gasteiger partial charge in [0.2, 0.25) is 0 Å². The Bertz CT molecular complexity index is 445. The summed E-state index contributed by atoms with van der Waals surface area (Å²) in [6.45, 7) is 1.95. The Morgan fingerprint density at radius 2 is 2.17 bits per heavy atom. The van der Waals surface area contributed by atoms with Crippen LogP contribution in [0.1, 0.15) is 5.56 Å². The topological polar surface area (TPSA) is 54.3 Å². The van der Waals surface area contributed by atoms with Crippen LogP contribution < -0.4 is 10.1 Å². The van der Waals surface area contributed by atoms with Crippen molar-refractivity contribution < 1.29 is 18.3 Å². The van der Waals surface area contributed by atoms with Gasteiger partial charge in [-0.3, -0.25) is 0 Å². The molecule has 1 aliphatic heterocycles. The van der Waals surface area contributed by atoms with Gasteiger partial charge < -0.3 is 14.8 Å².